The average Bonchev–Trinajstić information content (AvgIpc) is 3.12. The third kappa shape index (κ3) is 18.0. The molecule has 0 spiro atoms. The Morgan fingerprint density at radius 2 is 1.04 bits per heavy atom. The van der Waals surface area contributed by atoms with E-state index in [1.165, 1.54) is 21.1 Å². The number of carbonyl (C=O) groups is 7. The maximum Gasteiger partial charge on any atom is 0.328 e. The average molecular weight is 732 g/mol. The highest BCUT2D eigenvalue weighted by Gasteiger charge is 2.23. The van der Waals surface area contributed by atoms with Gasteiger partial charge in [-0.15, -0.1) is 0 Å². The zero-order valence-corrected chi connectivity index (χ0v) is 31.3. The molecule has 2 aromatic carbocycles. The molecule has 0 aliphatic rings. The van der Waals surface area contributed by atoms with Crippen LogP contribution in [-0.4, -0.2) is 98.1 Å². The van der Waals surface area contributed by atoms with Gasteiger partial charge in [0.15, 0.2) is 5.78 Å². The molecule has 0 aliphatic heterocycles. The van der Waals surface area contributed by atoms with Crippen molar-refractivity contribution in [1.82, 2.24) is 16.0 Å². The van der Waals surface area contributed by atoms with Gasteiger partial charge in [-0.3, -0.25) is 19.2 Å². The highest BCUT2D eigenvalue weighted by Crippen LogP contribution is 2.11. The van der Waals surface area contributed by atoms with Crippen LogP contribution in [0.5, 0.6) is 0 Å². The van der Waals surface area contributed by atoms with Crippen molar-refractivity contribution in [2.75, 3.05) is 44.8 Å². The largest absolute Gasteiger partial charge is 0.467 e. The van der Waals surface area contributed by atoms with Gasteiger partial charge in [-0.1, -0.05) is 24.3 Å². The third-order valence-electron chi connectivity index (χ3n) is 7.23. The summed E-state index contributed by atoms with van der Waals surface area (Å²) in [6.45, 7) is 2.95. The second-order valence-electron chi connectivity index (χ2n) is 11.2. The molecule has 0 saturated heterocycles. The first-order chi connectivity index (χ1) is 23.8. The Labute approximate surface area is 303 Å². The van der Waals surface area contributed by atoms with Gasteiger partial charge in [-0.2, -0.15) is 23.5 Å². The van der Waals surface area contributed by atoms with Gasteiger partial charge in [0, 0.05) is 30.9 Å². The van der Waals surface area contributed by atoms with E-state index in [9.17, 15) is 33.6 Å². The maximum atomic E-state index is 12.3. The Morgan fingerprint density at radius 3 is 1.38 bits per heavy atom. The van der Waals surface area contributed by atoms with Gasteiger partial charge in [-0.25, -0.2) is 9.59 Å². The lowest BCUT2D eigenvalue weighted by Crippen LogP contribution is -2.41. The first-order valence-electron chi connectivity index (χ1n) is 16.0. The molecule has 50 heavy (non-hydrogen) atoms. The molecule has 2 aromatic rings. The number of ether oxygens (including phenoxy) is 2. The van der Waals surface area contributed by atoms with Crippen molar-refractivity contribution >= 4 is 64.8 Å². The number of amides is 3. The van der Waals surface area contributed by atoms with Crippen molar-refractivity contribution in [3.63, 3.8) is 0 Å². The van der Waals surface area contributed by atoms with Crippen LogP contribution >= 0.6 is 23.5 Å². The van der Waals surface area contributed by atoms with Crippen LogP contribution in [0.15, 0.2) is 48.5 Å². The summed E-state index contributed by atoms with van der Waals surface area (Å²) in [6.07, 6.45) is 6.88. The molecule has 0 heterocycles. The number of Topliss-reactive ketones (excluding diaryl/α,β-unsaturated/α-hetero) is 2. The fourth-order valence-electron chi connectivity index (χ4n) is 4.30. The van der Waals surface area contributed by atoms with Crippen molar-refractivity contribution in [2.24, 2.45) is 0 Å². The third-order valence-corrected chi connectivity index (χ3v) is 8.52. The summed E-state index contributed by atoms with van der Waals surface area (Å²) in [4.78, 5) is 81.5. The van der Waals surface area contributed by atoms with Gasteiger partial charge in [0.05, 0.1) is 20.8 Å². The first kappa shape index (κ1) is 43.9. The fourth-order valence-corrected chi connectivity index (χ4v) is 5.24. The predicted molar refractivity (Wildman–Crippen MR) is 196 cm³/mol. The molecule has 14 heteroatoms. The van der Waals surface area contributed by atoms with Crippen molar-refractivity contribution in [1.29, 1.82) is 0 Å². The molecule has 3 N–H and O–H groups in total. The standard InChI is InChI=1S/C19H26N2O5S.C17H23NO4S/c1-13(22)20-12-16(23)9-6-14-4-7-15(8-5-14)18(24)21-17(10-11-27-3)19(25)26-2;1-12(19)4-5-13-6-8-14(9-7-13)16(20)18-15(10-11-23-3)17(21)22-2/h4-5,7-8,17H,6,9-12H2,1-3H3,(H,20,22)(H,21,24);6-9,15H,4-5,10-11H2,1-3H3,(H,18,20)/t17-;15-/m11/s1. The van der Waals surface area contributed by atoms with Crippen LogP contribution in [0.1, 0.15) is 71.4 Å². The van der Waals surface area contributed by atoms with Crippen LogP contribution in [0.25, 0.3) is 0 Å². The van der Waals surface area contributed by atoms with Crippen LogP contribution in [-0.2, 0) is 46.3 Å². The monoisotopic (exact) mass is 731 g/mol. The van der Waals surface area contributed by atoms with E-state index in [0.29, 0.717) is 49.7 Å². The van der Waals surface area contributed by atoms with E-state index in [2.05, 4.69) is 16.0 Å². The summed E-state index contributed by atoms with van der Waals surface area (Å²) in [5, 5.41) is 7.87. The minimum absolute atomic E-state index is 0.0286. The van der Waals surface area contributed by atoms with Gasteiger partial charge >= 0.3 is 11.9 Å². The summed E-state index contributed by atoms with van der Waals surface area (Å²) >= 11 is 3.19. The first-order valence-corrected chi connectivity index (χ1v) is 18.8. The molecule has 0 bridgehead atoms. The van der Waals surface area contributed by atoms with Crippen LogP contribution in [0.2, 0.25) is 0 Å². The maximum absolute atomic E-state index is 12.3. The number of carbonyl (C=O) groups excluding carboxylic acids is 7. The van der Waals surface area contributed by atoms with Crippen LogP contribution < -0.4 is 16.0 Å². The number of thioether (sulfide) groups is 2. The highest BCUT2D eigenvalue weighted by atomic mass is 32.2. The van der Waals surface area contributed by atoms with E-state index >= 15 is 0 Å². The van der Waals surface area contributed by atoms with Gasteiger partial charge in [0.25, 0.3) is 11.8 Å². The van der Waals surface area contributed by atoms with Gasteiger partial charge < -0.3 is 30.2 Å². The van der Waals surface area contributed by atoms with E-state index in [1.807, 2.05) is 24.6 Å². The van der Waals surface area contributed by atoms with Crippen LogP contribution in [0.4, 0.5) is 0 Å². The van der Waals surface area contributed by atoms with E-state index in [1.54, 1.807) is 66.8 Å². The Balaban J connectivity index is 0.000000506. The second kappa shape index (κ2) is 24.9. The molecule has 0 fully saturated rings. The molecule has 2 atom stereocenters. The van der Waals surface area contributed by atoms with E-state index in [0.717, 1.165) is 22.6 Å². The number of benzene rings is 2. The summed E-state index contributed by atoms with van der Waals surface area (Å²) in [6, 6.07) is 12.6. The number of rotatable bonds is 20. The number of nitrogens with one attached hydrogen (secondary N) is 3. The number of aryl methyl sites for hydroxylation is 2. The molecule has 2 rings (SSSR count). The quantitative estimate of drug-likeness (QED) is 0.170. The molecular weight excluding hydrogens is 683 g/mol. The highest BCUT2D eigenvalue weighted by molar-refractivity contribution is 7.98. The molecule has 0 aromatic heterocycles. The van der Waals surface area contributed by atoms with Crippen LogP contribution in [0.3, 0.4) is 0 Å². The van der Waals surface area contributed by atoms with E-state index < -0.39 is 24.0 Å². The summed E-state index contributed by atoms with van der Waals surface area (Å²) in [7, 11) is 2.60. The smallest absolute Gasteiger partial charge is 0.328 e. The topological polar surface area (TPSA) is 174 Å². The van der Waals surface area contributed by atoms with E-state index in [-0.39, 0.29) is 35.8 Å². The fraction of sp³-hybridized carbons (Fsp3) is 0.472. The zero-order chi connectivity index (χ0) is 37.5. The SMILES string of the molecule is COC(=O)[C@@H](CCSC)NC(=O)c1ccc(CCC(=O)CNC(C)=O)cc1.COC(=O)[C@@H](CCSC)NC(=O)c1ccc(CCC(C)=O)cc1. The van der Waals surface area contributed by atoms with Gasteiger partial charge in [-0.05, 0) is 92.0 Å². The molecule has 3 amide bonds. The normalized spacial score (nSPS) is 11.5. The molecule has 0 unspecified atom stereocenters. The number of esters is 2. The number of ketones is 2. The number of hydrogen-bond acceptors (Lipinski definition) is 11. The Bertz CT molecular complexity index is 1420. The van der Waals surface area contributed by atoms with Crippen LogP contribution in [0, 0.1) is 0 Å². The summed E-state index contributed by atoms with van der Waals surface area (Å²) in [5.74, 6) is -0.225. The molecule has 12 nitrogen and oxygen atoms in total. The number of hydrogen-bond donors (Lipinski definition) is 3. The van der Waals surface area contributed by atoms with E-state index in [4.69, 9.17) is 9.47 Å². The summed E-state index contributed by atoms with van der Waals surface area (Å²) in [5.41, 5.74) is 2.83. The van der Waals surface area contributed by atoms with Gasteiger partial charge in [0.2, 0.25) is 5.91 Å². The summed E-state index contributed by atoms with van der Waals surface area (Å²) < 4.78 is 9.46. The zero-order valence-electron chi connectivity index (χ0n) is 29.6. The Kier molecular flexibility index (Phi) is 21.8. The lowest BCUT2D eigenvalue weighted by molar-refractivity contribution is -0.143. The minimum Gasteiger partial charge on any atom is -0.467 e. The lowest BCUT2D eigenvalue weighted by Gasteiger charge is -2.16. The van der Waals surface area contributed by atoms with Crippen molar-refractivity contribution in [2.45, 2.75) is 64.5 Å². The van der Waals surface area contributed by atoms with Crippen molar-refractivity contribution in [3.8, 4) is 0 Å². The molecule has 0 radical (unpaired) electrons. The van der Waals surface area contributed by atoms with Gasteiger partial charge in [0.1, 0.15) is 17.9 Å². The number of methoxy groups -OCH3 is 2. The molecular formula is C36H49N3O9S2. The second-order valence-corrected chi connectivity index (χ2v) is 13.2. The van der Waals surface area contributed by atoms with Crippen molar-refractivity contribution < 1.29 is 43.0 Å². The molecule has 274 valence electrons. The molecule has 0 aliphatic carbocycles. The Hall–Kier alpha value is -4.17. The van der Waals surface area contributed by atoms with Crippen molar-refractivity contribution in [3.05, 3.63) is 70.8 Å². The lowest BCUT2D eigenvalue weighted by atomic mass is 10.0. The predicted octanol–water partition coefficient (Wildman–Crippen LogP) is 3.58. The minimum atomic E-state index is -0.680. The molecule has 0 saturated carbocycles. The Morgan fingerprint density at radius 1 is 0.640 bits per heavy atom.